The molecule has 1 N–H and O–H groups in total. The molecule has 0 saturated heterocycles. The molecule has 0 bridgehead atoms. The van der Waals surface area contributed by atoms with Gasteiger partial charge in [-0.05, 0) is 75.6 Å². The van der Waals surface area contributed by atoms with E-state index in [0.29, 0.717) is 47.0 Å². The molecule has 0 fully saturated rings. The van der Waals surface area contributed by atoms with E-state index in [1.54, 1.807) is 52.0 Å². The van der Waals surface area contributed by atoms with Crippen LogP contribution in [0.4, 0.5) is 13.2 Å². The van der Waals surface area contributed by atoms with Crippen LogP contribution < -0.4 is 14.8 Å². The molecule has 0 aliphatic rings. The van der Waals surface area contributed by atoms with Gasteiger partial charge in [-0.1, -0.05) is 18.2 Å². The zero-order valence-corrected chi connectivity index (χ0v) is 23.1. The predicted molar refractivity (Wildman–Crippen MR) is 144 cm³/mol. The first kappa shape index (κ1) is 30.5. The first-order chi connectivity index (χ1) is 18.8. The maximum absolute atomic E-state index is 12.8. The van der Waals surface area contributed by atoms with Crippen LogP contribution in [0.3, 0.4) is 0 Å². The number of alkyl halides is 3. The molecule has 214 valence electrons. The number of carbonyl (C=O) groups excluding carboxylic acids is 2. The van der Waals surface area contributed by atoms with E-state index in [0.717, 1.165) is 17.7 Å². The molecule has 2 aromatic carbocycles. The molecule has 7 nitrogen and oxygen atoms in total. The van der Waals surface area contributed by atoms with Crippen LogP contribution in [0.15, 0.2) is 54.6 Å². The highest BCUT2D eigenvalue weighted by atomic mass is 19.4. The van der Waals surface area contributed by atoms with Gasteiger partial charge in [0.15, 0.2) is 5.60 Å². The van der Waals surface area contributed by atoms with E-state index in [-0.39, 0.29) is 18.9 Å². The second kappa shape index (κ2) is 12.8. The van der Waals surface area contributed by atoms with Crippen LogP contribution in [0.5, 0.6) is 11.5 Å². The van der Waals surface area contributed by atoms with Gasteiger partial charge in [-0.15, -0.1) is 0 Å². The number of halogens is 3. The zero-order chi connectivity index (χ0) is 29.5. The monoisotopic (exact) mass is 558 g/mol. The van der Waals surface area contributed by atoms with Crippen molar-refractivity contribution in [3.63, 3.8) is 0 Å². The minimum Gasteiger partial charge on any atom is -0.497 e. The lowest BCUT2D eigenvalue weighted by molar-refractivity contribution is -0.158. The van der Waals surface area contributed by atoms with Gasteiger partial charge in [-0.25, -0.2) is 4.79 Å². The summed E-state index contributed by atoms with van der Waals surface area (Å²) in [7, 11) is 1.53. The van der Waals surface area contributed by atoms with E-state index < -0.39 is 23.3 Å². The second-order valence-corrected chi connectivity index (χ2v) is 9.64. The number of pyridine rings is 1. The summed E-state index contributed by atoms with van der Waals surface area (Å²) < 4.78 is 54.8. The van der Waals surface area contributed by atoms with Gasteiger partial charge >= 0.3 is 12.1 Å². The molecule has 0 radical (unpaired) electrons. The third kappa shape index (κ3) is 8.21. The van der Waals surface area contributed by atoms with Crippen molar-refractivity contribution < 1.29 is 37.0 Å². The Kier molecular flexibility index (Phi) is 9.78. The summed E-state index contributed by atoms with van der Waals surface area (Å²) in [6.45, 7) is 7.32. The Balaban J connectivity index is 1.59. The van der Waals surface area contributed by atoms with Crippen molar-refractivity contribution in [1.29, 1.82) is 0 Å². The highest BCUT2D eigenvalue weighted by Crippen LogP contribution is 2.31. The summed E-state index contributed by atoms with van der Waals surface area (Å²) >= 11 is 0. The first-order valence-electron chi connectivity index (χ1n) is 12.8. The number of aromatic nitrogens is 1. The van der Waals surface area contributed by atoms with Gasteiger partial charge in [0.2, 0.25) is 5.91 Å². The number of carbonyl (C=O) groups is 2. The molecule has 0 atom stereocenters. The minimum absolute atomic E-state index is 0.103. The fraction of sp³-hybridized carbons (Fsp3) is 0.367. The van der Waals surface area contributed by atoms with Crippen LogP contribution in [0.2, 0.25) is 0 Å². The number of benzene rings is 2. The Morgan fingerprint density at radius 2 is 1.65 bits per heavy atom. The number of rotatable bonds is 11. The topological polar surface area (TPSA) is 86.8 Å². The van der Waals surface area contributed by atoms with Crippen molar-refractivity contribution >= 4 is 11.9 Å². The highest BCUT2D eigenvalue weighted by Gasteiger charge is 2.32. The Morgan fingerprint density at radius 3 is 2.25 bits per heavy atom. The van der Waals surface area contributed by atoms with Crippen LogP contribution in [-0.4, -0.2) is 42.7 Å². The molecule has 10 heteroatoms. The van der Waals surface area contributed by atoms with E-state index in [4.69, 9.17) is 14.2 Å². The smallest absolute Gasteiger partial charge is 0.416 e. The maximum Gasteiger partial charge on any atom is 0.416 e. The van der Waals surface area contributed by atoms with E-state index in [9.17, 15) is 22.8 Å². The largest absolute Gasteiger partial charge is 0.497 e. The number of esters is 1. The lowest BCUT2D eigenvalue weighted by Crippen LogP contribution is -2.39. The summed E-state index contributed by atoms with van der Waals surface area (Å²) in [5.41, 5.74) is 1.34. The molecular formula is C30H33F3N2O5. The van der Waals surface area contributed by atoms with Crippen molar-refractivity contribution in [1.82, 2.24) is 10.3 Å². The standard InChI is InChI=1S/C30H33F3N2O5/c1-6-39-28(37)29(3,4)40-25-16-20(15-24(18-25)38-5)13-14-34-27(36)17-22-9-12-26(35-19(22)2)21-7-10-23(11-8-21)30(31,32)33/h7-12,15-16,18H,6,13-14,17H2,1-5H3,(H,34,36). The number of nitrogens with zero attached hydrogens (tertiary/aromatic N) is 1. The molecule has 0 spiro atoms. The molecule has 0 saturated carbocycles. The number of nitrogens with one attached hydrogen (secondary N) is 1. The van der Waals surface area contributed by atoms with Crippen LogP contribution in [-0.2, 0) is 33.3 Å². The fourth-order valence-electron chi connectivity index (χ4n) is 3.94. The molecule has 1 amide bonds. The summed E-state index contributed by atoms with van der Waals surface area (Å²) in [4.78, 5) is 29.3. The third-order valence-corrected chi connectivity index (χ3v) is 6.11. The molecule has 40 heavy (non-hydrogen) atoms. The average Bonchev–Trinajstić information content (AvgIpc) is 2.89. The number of aryl methyl sites for hydroxylation is 1. The number of methoxy groups -OCH3 is 1. The summed E-state index contributed by atoms with van der Waals surface area (Å²) in [6, 6.07) is 13.5. The normalized spacial score (nSPS) is 11.6. The Bertz CT molecular complexity index is 1340. The van der Waals surface area contributed by atoms with Crippen molar-refractivity contribution in [3.8, 4) is 22.8 Å². The number of amides is 1. The molecular weight excluding hydrogens is 525 g/mol. The van der Waals surface area contributed by atoms with Gasteiger partial charge in [-0.2, -0.15) is 13.2 Å². The molecule has 3 aromatic rings. The summed E-state index contributed by atoms with van der Waals surface area (Å²) in [5.74, 6) is 0.306. The quantitative estimate of drug-likeness (QED) is 0.304. The molecule has 1 heterocycles. The maximum atomic E-state index is 12.8. The van der Waals surface area contributed by atoms with E-state index in [2.05, 4.69) is 10.3 Å². The zero-order valence-electron chi connectivity index (χ0n) is 23.1. The second-order valence-electron chi connectivity index (χ2n) is 9.64. The minimum atomic E-state index is -4.40. The van der Waals surface area contributed by atoms with Gasteiger partial charge < -0.3 is 19.5 Å². The van der Waals surface area contributed by atoms with Crippen LogP contribution in [0.1, 0.15) is 43.2 Å². The first-order valence-corrected chi connectivity index (χ1v) is 12.8. The van der Waals surface area contributed by atoms with Crippen LogP contribution in [0.25, 0.3) is 11.3 Å². The molecule has 0 unspecified atom stereocenters. The van der Waals surface area contributed by atoms with Crippen molar-refractivity contribution in [3.05, 3.63) is 77.0 Å². The predicted octanol–water partition coefficient (Wildman–Crippen LogP) is 5.71. The van der Waals surface area contributed by atoms with Crippen molar-refractivity contribution in [2.45, 2.75) is 52.3 Å². The van der Waals surface area contributed by atoms with Crippen LogP contribution in [0, 0.1) is 6.92 Å². The molecule has 0 aliphatic carbocycles. The van der Waals surface area contributed by atoms with Crippen LogP contribution >= 0.6 is 0 Å². The molecule has 0 aliphatic heterocycles. The van der Waals surface area contributed by atoms with Gasteiger partial charge in [0.1, 0.15) is 11.5 Å². The van der Waals surface area contributed by atoms with E-state index >= 15 is 0 Å². The fourth-order valence-corrected chi connectivity index (χ4v) is 3.94. The summed E-state index contributed by atoms with van der Waals surface area (Å²) in [6.07, 6.45) is -3.81. The van der Waals surface area contributed by atoms with Crippen molar-refractivity contribution in [2.75, 3.05) is 20.3 Å². The SMILES string of the molecule is CCOC(=O)C(C)(C)Oc1cc(CCNC(=O)Cc2ccc(-c3ccc(C(F)(F)F)cc3)nc2C)cc(OC)c1. The lowest BCUT2D eigenvalue weighted by atomic mass is 10.0. The Morgan fingerprint density at radius 1 is 0.975 bits per heavy atom. The van der Waals surface area contributed by atoms with E-state index in [1.807, 2.05) is 6.07 Å². The summed E-state index contributed by atoms with van der Waals surface area (Å²) in [5, 5.41) is 2.88. The third-order valence-electron chi connectivity index (χ3n) is 6.11. The average molecular weight is 559 g/mol. The van der Waals surface area contributed by atoms with E-state index in [1.165, 1.54) is 19.2 Å². The van der Waals surface area contributed by atoms with Gasteiger partial charge in [0.25, 0.3) is 0 Å². The Labute approximate surface area is 231 Å². The molecule has 3 rings (SSSR count). The molecule has 1 aromatic heterocycles. The van der Waals surface area contributed by atoms with Crippen molar-refractivity contribution in [2.24, 2.45) is 0 Å². The van der Waals surface area contributed by atoms with Gasteiger partial charge in [0.05, 0.1) is 31.4 Å². The number of hydrogen-bond acceptors (Lipinski definition) is 6. The number of ether oxygens (including phenoxy) is 3. The van der Waals surface area contributed by atoms with Gasteiger partial charge in [-0.3, -0.25) is 9.78 Å². The van der Waals surface area contributed by atoms with Gasteiger partial charge in [0, 0.05) is 23.9 Å². The Hall–Kier alpha value is -4.08. The lowest BCUT2D eigenvalue weighted by Gasteiger charge is -2.24. The highest BCUT2D eigenvalue weighted by molar-refractivity contribution is 5.79. The number of hydrogen-bond donors (Lipinski definition) is 1.